The molecule has 0 radical (unpaired) electrons. The predicted octanol–water partition coefficient (Wildman–Crippen LogP) is 5.41. The number of methoxy groups -OCH3 is 1. The second-order valence-electron chi connectivity index (χ2n) is 5.88. The monoisotopic (exact) mass is 444 g/mol. The molecule has 2 aromatic carbocycles. The summed E-state index contributed by atoms with van der Waals surface area (Å²) in [6.45, 7) is 1.92. The number of rotatable bonds is 7. The average Bonchev–Trinajstić information content (AvgIpc) is 3.06. The van der Waals surface area contributed by atoms with Gasteiger partial charge in [-0.15, -0.1) is 0 Å². The van der Waals surface area contributed by atoms with Crippen LogP contribution in [0.1, 0.15) is 22.6 Å². The maximum atomic E-state index is 11.1. The topological polar surface area (TPSA) is 87.6 Å². The van der Waals surface area contributed by atoms with Gasteiger partial charge in [0.15, 0.2) is 17.2 Å². The van der Waals surface area contributed by atoms with Crippen molar-refractivity contribution in [2.24, 2.45) is 0 Å². The summed E-state index contributed by atoms with van der Waals surface area (Å²) in [6.07, 6.45) is 3.19. The van der Waals surface area contributed by atoms with E-state index in [1.807, 2.05) is 36.4 Å². The molecule has 0 aliphatic carbocycles. The SMILES string of the molecule is COc1cc(/C=C\c2onc(C)c2[N+](=O)[O-])cc(Br)c1OCc1ccccc1. The normalized spacial score (nSPS) is 11.0. The number of nitro groups is 1. The van der Waals surface area contributed by atoms with E-state index in [1.165, 1.54) is 13.0 Å². The quantitative estimate of drug-likeness (QED) is 0.357. The molecule has 0 saturated heterocycles. The zero-order chi connectivity index (χ0) is 20.1. The minimum Gasteiger partial charge on any atom is -0.493 e. The van der Waals surface area contributed by atoms with Gasteiger partial charge in [-0.1, -0.05) is 41.6 Å². The fourth-order valence-corrected chi connectivity index (χ4v) is 3.17. The molecule has 0 aliphatic heterocycles. The molecule has 144 valence electrons. The molecular formula is C20H17BrN2O5. The van der Waals surface area contributed by atoms with Crippen LogP contribution in [-0.4, -0.2) is 17.2 Å². The molecule has 3 aromatic rings. The van der Waals surface area contributed by atoms with Gasteiger partial charge in [-0.2, -0.15) is 0 Å². The van der Waals surface area contributed by atoms with Crippen LogP contribution in [0.3, 0.4) is 0 Å². The highest BCUT2D eigenvalue weighted by Crippen LogP contribution is 2.38. The molecule has 0 atom stereocenters. The van der Waals surface area contributed by atoms with Gasteiger partial charge in [0.25, 0.3) is 0 Å². The van der Waals surface area contributed by atoms with Crippen molar-refractivity contribution < 1.29 is 18.9 Å². The molecule has 0 unspecified atom stereocenters. The smallest absolute Gasteiger partial charge is 0.338 e. The second-order valence-corrected chi connectivity index (χ2v) is 6.73. The molecule has 0 bridgehead atoms. The van der Waals surface area contributed by atoms with Gasteiger partial charge in [0, 0.05) is 0 Å². The van der Waals surface area contributed by atoms with Gasteiger partial charge in [0.2, 0.25) is 5.76 Å². The number of hydrogen-bond acceptors (Lipinski definition) is 6. The Morgan fingerprint density at radius 2 is 2.00 bits per heavy atom. The van der Waals surface area contributed by atoms with Gasteiger partial charge in [0.05, 0.1) is 16.5 Å². The predicted molar refractivity (Wildman–Crippen MR) is 108 cm³/mol. The lowest BCUT2D eigenvalue weighted by molar-refractivity contribution is -0.386. The third-order valence-electron chi connectivity index (χ3n) is 3.94. The van der Waals surface area contributed by atoms with Gasteiger partial charge in [-0.3, -0.25) is 10.1 Å². The minimum absolute atomic E-state index is 0.0852. The number of ether oxygens (including phenoxy) is 2. The van der Waals surface area contributed by atoms with Crippen LogP contribution in [-0.2, 0) is 6.61 Å². The Morgan fingerprint density at radius 3 is 2.68 bits per heavy atom. The highest BCUT2D eigenvalue weighted by molar-refractivity contribution is 9.10. The average molecular weight is 445 g/mol. The minimum atomic E-state index is -0.511. The van der Waals surface area contributed by atoms with Crippen LogP contribution in [0.5, 0.6) is 11.5 Å². The summed E-state index contributed by atoms with van der Waals surface area (Å²) in [5, 5.41) is 14.8. The third-order valence-corrected chi connectivity index (χ3v) is 4.53. The molecule has 3 rings (SSSR count). The van der Waals surface area contributed by atoms with E-state index in [9.17, 15) is 10.1 Å². The highest BCUT2D eigenvalue weighted by atomic mass is 79.9. The molecule has 7 nitrogen and oxygen atoms in total. The van der Waals surface area contributed by atoms with Crippen LogP contribution in [0, 0.1) is 17.0 Å². The van der Waals surface area contributed by atoms with Gasteiger partial charge < -0.3 is 14.0 Å². The highest BCUT2D eigenvalue weighted by Gasteiger charge is 2.22. The molecule has 28 heavy (non-hydrogen) atoms. The number of halogens is 1. The van der Waals surface area contributed by atoms with Crippen LogP contribution in [0.4, 0.5) is 5.69 Å². The van der Waals surface area contributed by atoms with Crippen molar-refractivity contribution in [1.29, 1.82) is 0 Å². The summed E-state index contributed by atoms with van der Waals surface area (Å²) < 4.78 is 17.1. The molecule has 0 amide bonds. The van der Waals surface area contributed by atoms with E-state index in [0.29, 0.717) is 22.6 Å². The van der Waals surface area contributed by atoms with Crippen molar-refractivity contribution in [1.82, 2.24) is 5.16 Å². The van der Waals surface area contributed by atoms with Crippen LogP contribution >= 0.6 is 15.9 Å². The molecule has 0 saturated carbocycles. The molecule has 8 heteroatoms. The second kappa shape index (κ2) is 8.71. The number of aromatic nitrogens is 1. The first kappa shape index (κ1) is 19.6. The maximum absolute atomic E-state index is 11.1. The van der Waals surface area contributed by atoms with Gasteiger partial charge >= 0.3 is 5.69 Å². The van der Waals surface area contributed by atoms with Crippen LogP contribution in [0.25, 0.3) is 12.2 Å². The molecule has 1 aromatic heterocycles. The number of hydrogen-bond donors (Lipinski definition) is 0. The fraction of sp³-hybridized carbons (Fsp3) is 0.150. The molecule has 1 heterocycles. The van der Waals surface area contributed by atoms with Gasteiger partial charge in [0.1, 0.15) is 6.61 Å². The Kier molecular flexibility index (Phi) is 6.10. The van der Waals surface area contributed by atoms with Crippen LogP contribution in [0.2, 0.25) is 0 Å². The lowest BCUT2D eigenvalue weighted by atomic mass is 10.1. The molecular weight excluding hydrogens is 428 g/mol. The molecule has 0 spiro atoms. The van der Waals surface area contributed by atoms with Crippen molar-refractivity contribution in [2.75, 3.05) is 7.11 Å². The fourth-order valence-electron chi connectivity index (χ4n) is 2.59. The maximum Gasteiger partial charge on any atom is 0.338 e. The Bertz CT molecular complexity index is 1010. The van der Waals surface area contributed by atoms with Crippen molar-refractivity contribution in [3.8, 4) is 11.5 Å². The van der Waals surface area contributed by atoms with E-state index in [2.05, 4.69) is 21.1 Å². The molecule has 0 fully saturated rings. The summed E-state index contributed by atoms with van der Waals surface area (Å²) in [4.78, 5) is 10.6. The first-order valence-corrected chi connectivity index (χ1v) is 9.12. The van der Waals surface area contributed by atoms with Crippen LogP contribution in [0.15, 0.2) is 51.5 Å². The Balaban J connectivity index is 1.84. The van der Waals surface area contributed by atoms with E-state index in [-0.39, 0.29) is 17.1 Å². The lowest BCUT2D eigenvalue weighted by Gasteiger charge is -2.13. The van der Waals surface area contributed by atoms with E-state index in [4.69, 9.17) is 14.0 Å². The third kappa shape index (κ3) is 4.40. The van der Waals surface area contributed by atoms with Gasteiger partial charge in [-0.05, 0) is 52.2 Å². The van der Waals surface area contributed by atoms with Crippen molar-refractivity contribution in [3.05, 3.63) is 79.6 Å². The number of nitrogens with zero attached hydrogens (tertiary/aromatic N) is 2. The van der Waals surface area contributed by atoms with Crippen molar-refractivity contribution >= 4 is 33.8 Å². The summed E-state index contributed by atoms with van der Waals surface area (Å²) in [5.74, 6) is 1.19. The number of aryl methyl sites for hydroxylation is 1. The first-order chi connectivity index (χ1) is 13.5. The van der Waals surface area contributed by atoms with E-state index in [1.54, 1.807) is 19.3 Å². The number of benzene rings is 2. The lowest BCUT2D eigenvalue weighted by Crippen LogP contribution is -1.99. The van der Waals surface area contributed by atoms with E-state index >= 15 is 0 Å². The van der Waals surface area contributed by atoms with E-state index < -0.39 is 4.92 Å². The zero-order valence-electron chi connectivity index (χ0n) is 15.2. The summed E-state index contributed by atoms with van der Waals surface area (Å²) in [7, 11) is 1.55. The summed E-state index contributed by atoms with van der Waals surface area (Å²) in [6, 6.07) is 13.4. The Hall–Kier alpha value is -3.13. The summed E-state index contributed by atoms with van der Waals surface area (Å²) in [5.41, 5.74) is 1.87. The Morgan fingerprint density at radius 1 is 1.25 bits per heavy atom. The van der Waals surface area contributed by atoms with E-state index in [0.717, 1.165) is 11.1 Å². The molecule has 0 N–H and O–H groups in total. The Labute approximate surface area is 169 Å². The zero-order valence-corrected chi connectivity index (χ0v) is 16.8. The van der Waals surface area contributed by atoms with Crippen molar-refractivity contribution in [2.45, 2.75) is 13.5 Å². The molecule has 0 aliphatic rings. The van der Waals surface area contributed by atoms with Crippen LogP contribution < -0.4 is 9.47 Å². The standard InChI is InChI=1S/C20H17BrN2O5/c1-13-19(23(24)25)17(28-22-13)9-8-15-10-16(21)20(18(11-15)26-2)27-12-14-6-4-3-5-7-14/h3-11H,12H2,1-2H3/b9-8-. The first-order valence-electron chi connectivity index (χ1n) is 8.32. The largest absolute Gasteiger partial charge is 0.493 e. The summed E-state index contributed by atoms with van der Waals surface area (Å²) >= 11 is 3.50. The van der Waals surface area contributed by atoms with Gasteiger partial charge in [-0.25, -0.2) is 0 Å². The van der Waals surface area contributed by atoms with Crippen molar-refractivity contribution in [3.63, 3.8) is 0 Å².